The van der Waals surface area contributed by atoms with E-state index in [1.54, 1.807) is 6.08 Å². The summed E-state index contributed by atoms with van der Waals surface area (Å²) in [6.07, 6.45) is 5.25. The molecule has 152 valence electrons. The van der Waals surface area contributed by atoms with Crippen molar-refractivity contribution in [1.82, 2.24) is 10.3 Å². The van der Waals surface area contributed by atoms with Gasteiger partial charge < -0.3 is 20.1 Å². The average molecular weight is 402 g/mol. The quantitative estimate of drug-likeness (QED) is 0.543. The minimum absolute atomic E-state index is 0.0379. The second kappa shape index (κ2) is 8.69. The zero-order chi connectivity index (χ0) is 20.9. The summed E-state index contributed by atoms with van der Waals surface area (Å²) in [5.41, 5.74) is 4.90. The van der Waals surface area contributed by atoms with E-state index in [9.17, 15) is 14.7 Å². The van der Waals surface area contributed by atoms with Crippen molar-refractivity contribution in [3.63, 3.8) is 0 Å². The normalized spacial score (nSPS) is 12.5. The van der Waals surface area contributed by atoms with Crippen LogP contribution in [0.5, 0.6) is 5.75 Å². The Morgan fingerprint density at radius 3 is 2.43 bits per heavy atom. The van der Waals surface area contributed by atoms with Crippen molar-refractivity contribution < 1.29 is 14.6 Å². The first kappa shape index (κ1) is 19.5. The Balaban J connectivity index is 1.28. The predicted molar refractivity (Wildman–Crippen MR) is 115 cm³/mol. The summed E-state index contributed by atoms with van der Waals surface area (Å²) >= 11 is 0. The monoisotopic (exact) mass is 402 g/mol. The van der Waals surface area contributed by atoms with Gasteiger partial charge in [-0.1, -0.05) is 60.7 Å². The molecule has 1 heterocycles. The Morgan fingerprint density at radius 2 is 1.77 bits per heavy atom. The van der Waals surface area contributed by atoms with Crippen LogP contribution in [0.15, 0.2) is 71.7 Å². The molecule has 0 radical (unpaired) electrons. The van der Waals surface area contributed by atoms with Crippen LogP contribution >= 0.6 is 0 Å². The fraction of sp³-hybridized carbons (Fsp3) is 0.167. The van der Waals surface area contributed by atoms with Gasteiger partial charge in [0.25, 0.3) is 5.56 Å². The molecular formula is C24H22N2O4. The van der Waals surface area contributed by atoms with Crippen LogP contribution in [-0.2, 0) is 4.74 Å². The maximum absolute atomic E-state index is 12.1. The van der Waals surface area contributed by atoms with Crippen LogP contribution in [0.25, 0.3) is 17.2 Å². The summed E-state index contributed by atoms with van der Waals surface area (Å²) in [6.45, 7) is 0.703. The molecule has 0 saturated heterocycles. The number of aromatic hydroxyl groups is 1. The third kappa shape index (κ3) is 4.12. The molecule has 0 bridgehead atoms. The molecule has 0 fully saturated rings. The number of rotatable bonds is 6. The zero-order valence-corrected chi connectivity index (χ0v) is 16.3. The van der Waals surface area contributed by atoms with Crippen LogP contribution in [-0.4, -0.2) is 29.3 Å². The van der Waals surface area contributed by atoms with E-state index in [0.29, 0.717) is 18.5 Å². The Hall–Kier alpha value is -3.80. The maximum Gasteiger partial charge on any atom is 0.407 e. The van der Waals surface area contributed by atoms with Crippen molar-refractivity contribution in [2.24, 2.45) is 0 Å². The number of carbonyl (C=O) groups excluding carboxylic acids is 1. The summed E-state index contributed by atoms with van der Waals surface area (Å²) in [4.78, 5) is 25.7. The van der Waals surface area contributed by atoms with Crippen LogP contribution in [0.2, 0.25) is 0 Å². The van der Waals surface area contributed by atoms with E-state index in [0.717, 1.165) is 0 Å². The lowest BCUT2D eigenvalue weighted by Crippen LogP contribution is -2.26. The molecule has 3 N–H and O–H groups in total. The van der Waals surface area contributed by atoms with Gasteiger partial charge in [-0.15, -0.1) is 0 Å². The molecule has 1 aliphatic rings. The number of fused-ring (bicyclic) bond motifs is 3. The fourth-order valence-corrected chi connectivity index (χ4v) is 3.71. The number of aromatic amines is 1. The molecule has 0 saturated carbocycles. The van der Waals surface area contributed by atoms with Gasteiger partial charge in [0, 0.05) is 18.7 Å². The molecule has 6 nitrogen and oxygen atoms in total. The summed E-state index contributed by atoms with van der Waals surface area (Å²) in [6, 6.07) is 17.8. The second-order valence-corrected chi connectivity index (χ2v) is 7.09. The van der Waals surface area contributed by atoms with Gasteiger partial charge in [0.1, 0.15) is 6.61 Å². The zero-order valence-electron chi connectivity index (χ0n) is 16.3. The SMILES string of the molecule is O=C(NCCC=Cc1c[nH]c(=O)c(O)c1)OCC1c2ccccc2-c2ccccc21. The van der Waals surface area contributed by atoms with Crippen LogP contribution in [0.3, 0.4) is 0 Å². The molecule has 30 heavy (non-hydrogen) atoms. The summed E-state index contributed by atoms with van der Waals surface area (Å²) in [5.74, 6) is -0.287. The number of hydrogen-bond acceptors (Lipinski definition) is 4. The molecule has 3 aromatic rings. The van der Waals surface area contributed by atoms with E-state index < -0.39 is 11.7 Å². The fourth-order valence-electron chi connectivity index (χ4n) is 3.71. The molecule has 0 unspecified atom stereocenters. The molecule has 1 aliphatic carbocycles. The van der Waals surface area contributed by atoms with Crippen LogP contribution in [0, 0.1) is 0 Å². The average Bonchev–Trinajstić information content (AvgIpc) is 3.08. The summed E-state index contributed by atoms with van der Waals surface area (Å²) in [5, 5.41) is 12.1. The highest BCUT2D eigenvalue weighted by Crippen LogP contribution is 2.44. The minimum Gasteiger partial charge on any atom is -0.503 e. The van der Waals surface area contributed by atoms with Crippen molar-refractivity contribution in [2.45, 2.75) is 12.3 Å². The van der Waals surface area contributed by atoms with E-state index in [2.05, 4.69) is 34.6 Å². The number of hydrogen-bond donors (Lipinski definition) is 3. The third-order valence-electron chi connectivity index (χ3n) is 5.14. The first-order valence-corrected chi connectivity index (χ1v) is 9.80. The van der Waals surface area contributed by atoms with Crippen LogP contribution in [0.4, 0.5) is 4.79 Å². The highest BCUT2D eigenvalue weighted by atomic mass is 16.5. The van der Waals surface area contributed by atoms with E-state index >= 15 is 0 Å². The third-order valence-corrected chi connectivity index (χ3v) is 5.14. The van der Waals surface area contributed by atoms with Crippen molar-refractivity contribution in [1.29, 1.82) is 0 Å². The van der Waals surface area contributed by atoms with E-state index in [4.69, 9.17) is 4.74 Å². The molecule has 0 spiro atoms. The van der Waals surface area contributed by atoms with Crippen LogP contribution in [0.1, 0.15) is 29.0 Å². The first-order chi connectivity index (χ1) is 14.6. The van der Waals surface area contributed by atoms with Crippen LogP contribution < -0.4 is 10.9 Å². The number of pyridine rings is 1. The lowest BCUT2D eigenvalue weighted by molar-refractivity contribution is 0.143. The Morgan fingerprint density at radius 1 is 1.10 bits per heavy atom. The van der Waals surface area contributed by atoms with Gasteiger partial charge in [-0.2, -0.15) is 0 Å². The molecular weight excluding hydrogens is 380 g/mol. The Labute approximate surface area is 173 Å². The summed E-state index contributed by atoms with van der Waals surface area (Å²) < 4.78 is 5.49. The first-order valence-electron chi connectivity index (χ1n) is 9.80. The van der Waals surface area contributed by atoms with Crippen molar-refractivity contribution in [2.75, 3.05) is 13.2 Å². The van der Waals surface area contributed by atoms with Gasteiger partial charge in [-0.25, -0.2) is 4.79 Å². The number of nitrogens with one attached hydrogen (secondary N) is 2. The van der Waals surface area contributed by atoms with Gasteiger partial charge >= 0.3 is 6.09 Å². The molecule has 1 aromatic heterocycles. The molecule has 6 heteroatoms. The molecule has 1 amide bonds. The molecule has 0 atom stereocenters. The number of H-pyrrole nitrogens is 1. The number of ether oxygens (including phenoxy) is 1. The molecule has 0 aliphatic heterocycles. The lowest BCUT2D eigenvalue weighted by Gasteiger charge is -2.14. The topological polar surface area (TPSA) is 91.4 Å². The highest BCUT2D eigenvalue weighted by Gasteiger charge is 2.28. The van der Waals surface area contributed by atoms with E-state index in [1.165, 1.54) is 34.5 Å². The number of benzene rings is 2. The van der Waals surface area contributed by atoms with Gasteiger partial charge in [0.2, 0.25) is 0 Å². The standard InChI is InChI=1S/C24H22N2O4/c27-22-13-16(14-26-23(22)28)7-5-6-12-25-24(29)30-15-21-19-10-3-1-8-17(19)18-9-2-4-11-20(18)21/h1-5,7-11,13-14,21,27H,6,12,15H2,(H,25,29)(H,26,28). The van der Waals surface area contributed by atoms with Gasteiger partial charge in [0.15, 0.2) is 5.75 Å². The van der Waals surface area contributed by atoms with E-state index in [1.807, 2.05) is 30.3 Å². The van der Waals surface area contributed by atoms with Gasteiger partial charge in [-0.05, 0) is 40.3 Å². The second-order valence-electron chi connectivity index (χ2n) is 7.09. The predicted octanol–water partition coefficient (Wildman–Crippen LogP) is 4.02. The van der Waals surface area contributed by atoms with Crippen molar-refractivity contribution in [3.05, 3.63) is 93.9 Å². The number of amides is 1. The summed E-state index contributed by atoms with van der Waals surface area (Å²) in [7, 11) is 0. The maximum atomic E-state index is 12.1. The van der Waals surface area contributed by atoms with Gasteiger partial charge in [0.05, 0.1) is 0 Å². The van der Waals surface area contributed by atoms with Gasteiger partial charge in [-0.3, -0.25) is 4.79 Å². The number of alkyl carbamates (subject to hydrolysis) is 1. The molecule has 4 rings (SSSR count). The number of carbonyl (C=O) groups is 1. The largest absolute Gasteiger partial charge is 0.503 e. The Bertz CT molecular complexity index is 1100. The van der Waals surface area contributed by atoms with Crippen molar-refractivity contribution in [3.8, 4) is 16.9 Å². The minimum atomic E-state index is -0.524. The van der Waals surface area contributed by atoms with Crippen molar-refractivity contribution >= 4 is 12.2 Å². The highest BCUT2D eigenvalue weighted by molar-refractivity contribution is 5.79. The van der Waals surface area contributed by atoms with E-state index in [-0.39, 0.29) is 18.3 Å². The Kier molecular flexibility index (Phi) is 5.66. The smallest absolute Gasteiger partial charge is 0.407 e. The number of aromatic nitrogens is 1. The lowest BCUT2D eigenvalue weighted by atomic mass is 9.98. The molecule has 2 aromatic carbocycles.